The van der Waals surface area contributed by atoms with Gasteiger partial charge in [0.05, 0.1) is 16.9 Å². The van der Waals surface area contributed by atoms with Gasteiger partial charge in [0.15, 0.2) is 10.6 Å². The van der Waals surface area contributed by atoms with Crippen LogP contribution < -0.4 is 15.8 Å². The van der Waals surface area contributed by atoms with Crippen molar-refractivity contribution < 1.29 is 18.1 Å². The minimum atomic E-state index is -4.51. The highest BCUT2D eigenvalue weighted by Gasteiger charge is 2.29. The third kappa shape index (κ3) is 4.78. The summed E-state index contributed by atoms with van der Waals surface area (Å²) < 4.78 is 26.8. The molecule has 4 rings (SSSR count). The van der Waals surface area contributed by atoms with Crippen LogP contribution in [0.2, 0.25) is 0 Å². The van der Waals surface area contributed by atoms with Gasteiger partial charge >= 0.3 is 0 Å². The zero-order valence-electron chi connectivity index (χ0n) is 18.3. The molecule has 0 saturated carbocycles. The summed E-state index contributed by atoms with van der Waals surface area (Å²) in [5, 5.41) is 16.0. The highest BCUT2D eigenvalue weighted by molar-refractivity contribution is 7.89. The van der Waals surface area contributed by atoms with Crippen molar-refractivity contribution in [1.29, 1.82) is 0 Å². The molecule has 0 atom stereocenters. The second kappa shape index (κ2) is 9.44. The third-order valence-corrected chi connectivity index (χ3v) is 6.65. The molecular formula is C23H19N5O6S. The fourth-order valence-corrected chi connectivity index (χ4v) is 4.86. The summed E-state index contributed by atoms with van der Waals surface area (Å²) in [5.41, 5.74) is 1.71. The molecule has 0 spiro atoms. The van der Waals surface area contributed by atoms with Gasteiger partial charge in [0.2, 0.25) is 0 Å². The van der Waals surface area contributed by atoms with Crippen LogP contribution in [0.15, 0.2) is 82.5 Å². The Balaban J connectivity index is 1.70. The van der Waals surface area contributed by atoms with E-state index < -0.39 is 37.0 Å². The number of sulfonamides is 1. The molecule has 0 radical (unpaired) electrons. The van der Waals surface area contributed by atoms with Crippen LogP contribution >= 0.6 is 0 Å². The maximum Gasteiger partial charge on any atom is 0.289 e. The number of nitro benzene ring substituents is 1. The maximum atomic E-state index is 13.0. The van der Waals surface area contributed by atoms with Gasteiger partial charge in [0, 0.05) is 11.5 Å². The Bertz CT molecular complexity index is 1620. The topological polar surface area (TPSA) is 153 Å². The van der Waals surface area contributed by atoms with E-state index in [0.717, 1.165) is 16.3 Å². The molecule has 4 aromatic rings. The lowest BCUT2D eigenvalue weighted by molar-refractivity contribution is -0.387. The van der Waals surface area contributed by atoms with Crippen molar-refractivity contribution in [3.63, 3.8) is 0 Å². The van der Waals surface area contributed by atoms with Crippen molar-refractivity contribution in [2.45, 2.75) is 18.4 Å². The molecule has 0 aliphatic heterocycles. The number of aryl methyl sites for hydroxylation is 1. The van der Waals surface area contributed by atoms with Crippen molar-refractivity contribution in [3.8, 4) is 0 Å². The second-order valence-corrected chi connectivity index (χ2v) is 9.20. The fourth-order valence-electron chi connectivity index (χ4n) is 3.62. The van der Waals surface area contributed by atoms with E-state index >= 15 is 0 Å². The molecule has 2 N–H and O–H groups in total. The van der Waals surface area contributed by atoms with Gasteiger partial charge in [-0.3, -0.25) is 25.1 Å². The Morgan fingerprint density at radius 1 is 1.00 bits per heavy atom. The number of hydrogen-bond acceptors (Lipinski definition) is 7. The molecule has 3 aromatic carbocycles. The molecule has 0 fully saturated rings. The number of nitrogens with one attached hydrogen (secondary N) is 2. The molecule has 0 bridgehead atoms. The minimum absolute atomic E-state index is 0.0892. The van der Waals surface area contributed by atoms with E-state index in [2.05, 4.69) is 10.5 Å². The number of aromatic nitrogens is 2. The van der Waals surface area contributed by atoms with Gasteiger partial charge in [0.25, 0.3) is 27.2 Å². The summed E-state index contributed by atoms with van der Waals surface area (Å²) in [4.78, 5) is 37.8. The monoisotopic (exact) mass is 493 g/mol. The molecule has 0 saturated heterocycles. The van der Waals surface area contributed by atoms with E-state index in [-0.39, 0.29) is 28.6 Å². The zero-order chi connectivity index (χ0) is 25.2. The number of carbonyl (C=O) groups excluding carboxylic acids is 1. The first-order chi connectivity index (χ1) is 16.7. The molecule has 178 valence electrons. The summed E-state index contributed by atoms with van der Waals surface area (Å²) in [7, 11) is -4.51. The third-order valence-electron chi connectivity index (χ3n) is 5.21. The summed E-state index contributed by atoms with van der Waals surface area (Å²) in [6.45, 7) is 1.49. The lowest BCUT2D eigenvalue weighted by Crippen LogP contribution is -2.43. The highest BCUT2D eigenvalue weighted by Crippen LogP contribution is 2.26. The molecule has 1 aromatic heterocycles. The van der Waals surface area contributed by atoms with E-state index in [9.17, 15) is 28.1 Å². The van der Waals surface area contributed by atoms with Crippen LogP contribution in [-0.4, -0.2) is 29.0 Å². The standard InChI is InChI=1S/C23H19N5O6S/c1-15-8-7-13-19(28(31)32)21(15)35(33,34)26-24-22(29)20-17-11-5-6-12-18(17)23(30)27(25-20)14-16-9-3-2-4-10-16/h2-13,26H,14H2,1H3,(H,24,29). The molecule has 11 nitrogen and oxygen atoms in total. The average Bonchev–Trinajstić information content (AvgIpc) is 2.84. The van der Waals surface area contributed by atoms with Crippen LogP contribution in [0.1, 0.15) is 21.6 Å². The number of hydrazine groups is 1. The summed E-state index contributed by atoms with van der Waals surface area (Å²) in [5.74, 6) is -0.942. The van der Waals surface area contributed by atoms with Gasteiger partial charge < -0.3 is 0 Å². The number of carbonyl (C=O) groups is 1. The lowest BCUT2D eigenvalue weighted by atomic mass is 10.1. The maximum absolute atomic E-state index is 13.0. The Labute approximate surface area is 199 Å². The lowest BCUT2D eigenvalue weighted by Gasteiger charge is -2.13. The van der Waals surface area contributed by atoms with Crippen LogP contribution in [-0.2, 0) is 16.6 Å². The van der Waals surface area contributed by atoms with Gasteiger partial charge in [-0.1, -0.05) is 60.7 Å². The first-order valence-corrected chi connectivity index (χ1v) is 11.8. The summed E-state index contributed by atoms with van der Waals surface area (Å²) >= 11 is 0. The Morgan fingerprint density at radius 3 is 2.34 bits per heavy atom. The van der Waals surface area contributed by atoms with Crippen molar-refractivity contribution >= 4 is 32.4 Å². The van der Waals surface area contributed by atoms with E-state index in [4.69, 9.17) is 0 Å². The predicted molar refractivity (Wildman–Crippen MR) is 127 cm³/mol. The van der Waals surface area contributed by atoms with Gasteiger partial charge in [-0.25, -0.2) is 13.1 Å². The smallest absolute Gasteiger partial charge is 0.272 e. The van der Waals surface area contributed by atoms with Crippen LogP contribution in [0.4, 0.5) is 5.69 Å². The molecule has 35 heavy (non-hydrogen) atoms. The first-order valence-electron chi connectivity index (χ1n) is 10.3. The Kier molecular flexibility index (Phi) is 6.40. The minimum Gasteiger partial charge on any atom is -0.272 e. The quantitative estimate of drug-likeness (QED) is 0.296. The molecule has 0 aliphatic carbocycles. The Hall–Kier alpha value is -4.42. The molecular weight excluding hydrogens is 474 g/mol. The van der Waals surface area contributed by atoms with E-state index in [1.807, 2.05) is 10.9 Å². The predicted octanol–water partition coefficient (Wildman–Crippen LogP) is 2.28. The van der Waals surface area contributed by atoms with Gasteiger partial charge in [-0.15, -0.1) is 4.83 Å². The van der Waals surface area contributed by atoms with Crippen LogP contribution in [0, 0.1) is 17.0 Å². The number of nitrogens with zero attached hydrogens (tertiary/aromatic N) is 3. The first kappa shape index (κ1) is 23.7. The number of rotatable bonds is 7. The molecule has 12 heteroatoms. The number of benzene rings is 3. The zero-order valence-corrected chi connectivity index (χ0v) is 19.2. The number of nitro groups is 1. The molecule has 1 heterocycles. The Morgan fingerprint density at radius 2 is 1.66 bits per heavy atom. The van der Waals surface area contributed by atoms with Crippen molar-refractivity contribution in [2.75, 3.05) is 0 Å². The van der Waals surface area contributed by atoms with E-state index in [1.54, 1.807) is 42.5 Å². The van der Waals surface area contributed by atoms with Gasteiger partial charge in [-0.2, -0.15) is 5.10 Å². The number of amides is 1. The van der Waals surface area contributed by atoms with Crippen LogP contribution in [0.5, 0.6) is 0 Å². The normalized spacial score (nSPS) is 11.3. The van der Waals surface area contributed by atoms with E-state index in [1.165, 1.54) is 25.1 Å². The average molecular weight is 494 g/mol. The number of fused-ring (bicyclic) bond motifs is 1. The van der Waals surface area contributed by atoms with Crippen LogP contribution in [0.25, 0.3) is 10.8 Å². The molecule has 1 amide bonds. The number of hydrogen-bond donors (Lipinski definition) is 2. The largest absolute Gasteiger partial charge is 0.289 e. The SMILES string of the molecule is Cc1cccc([N+](=O)[O-])c1S(=O)(=O)NNC(=O)c1nn(Cc2ccccc2)c(=O)c2ccccc12. The summed E-state index contributed by atoms with van der Waals surface area (Å²) in [6.07, 6.45) is 0. The van der Waals surface area contributed by atoms with Gasteiger partial charge in [-0.05, 0) is 24.1 Å². The summed E-state index contributed by atoms with van der Waals surface area (Å²) in [6, 6.07) is 19.1. The van der Waals surface area contributed by atoms with Crippen molar-refractivity contribution in [3.05, 3.63) is 110 Å². The fraction of sp³-hybridized carbons (Fsp3) is 0.0870. The van der Waals surface area contributed by atoms with E-state index in [0.29, 0.717) is 0 Å². The van der Waals surface area contributed by atoms with Crippen molar-refractivity contribution in [1.82, 2.24) is 20.0 Å². The highest BCUT2D eigenvalue weighted by atomic mass is 32.2. The van der Waals surface area contributed by atoms with Gasteiger partial charge in [0.1, 0.15) is 0 Å². The molecule has 0 unspecified atom stereocenters. The van der Waals surface area contributed by atoms with Crippen molar-refractivity contribution in [2.24, 2.45) is 0 Å². The van der Waals surface area contributed by atoms with Crippen LogP contribution in [0.3, 0.4) is 0 Å². The molecule has 0 aliphatic rings. The second-order valence-electron chi connectivity index (χ2n) is 7.58.